The molecule has 0 radical (unpaired) electrons. The molecule has 1 heterocycles. The number of pyridine rings is 1. The quantitative estimate of drug-likeness (QED) is 0.850. The fourth-order valence-corrected chi connectivity index (χ4v) is 3.15. The highest BCUT2D eigenvalue weighted by Gasteiger charge is 2.30. The zero-order valence-electron chi connectivity index (χ0n) is 11.4. The maximum atomic E-state index is 12.4. The zero-order chi connectivity index (χ0) is 14.2. The Kier molecular flexibility index (Phi) is 3.38. The third-order valence-electron chi connectivity index (χ3n) is 4.05. The van der Waals surface area contributed by atoms with Crippen LogP contribution in [0, 0.1) is 0 Å². The van der Waals surface area contributed by atoms with E-state index >= 15 is 0 Å². The predicted molar refractivity (Wildman–Crippen MR) is 81.1 cm³/mol. The Hall–Kier alpha value is -1.61. The molecule has 1 N–H and O–H groups in total. The van der Waals surface area contributed by atoms with Crippen molar-refractivity contribution in [1.82, 2.24) is 10.3 Å². The molecule has 0 saturated heterocycles. The van der Waals surface area contributed by atoms with Crippen LogP contribution in [0.1, 0.15) is 43.1 Å². The normalized spacial score (nSPS) is 17.3. The van der Waals surface area contributed by atoms with E-state index in [4.69, 9.17) is 11.6 Å². The molecule has 2 aromatic rings. The van der Waals surface area contributed by atoms with Gasteiger partial charge in [0.05, 0.1) is 0 Å². The number of carbonyl (C=O) groups excluding carboxylic acids is 1. The van der Waals surface area contributed by atoms with Gasteiger partial charge in [-0.05, 0) is 31.2 Å². The lowest BCUT2D eigenvalue weighted by atomic mass is 10.0. The highest BCUT2D eigenvalue weighted by molar-refractivity contribution is 6.34. The van der Waals surface area contributed by atoms with Crippen molar-refractivity contribution in [3.8, 4) is 0 Å². The molecule has 1 aromatic heterocycles. The maximum Gasteiger partial charge on any atom is 0.270 e. The van der Waals surface area contributed by atoms with Crippen molar-refractivity contribution in [2.24, 2.45) is 0 Å². The molecule has 3 nitrogen and oxygen atoms in total. The number of hydrogen-bond acceptors (Lipinski definition) is 2. The lowest BCUT2D eigenvalue weighted by molar-refractivity contribution is 0.0903. The summed E-state index contributed by atoms with van der Waals surface area (Å²) < 4.78 is 0. The second-order valence-corrected chi connectivity index (χ2v) is 6.10. The van der Waals surface area contributed by atoms with Gasteiger partial charge in [0, 0.05) is 10.9 Å². The summed E-state index contributed by atoms with van der Waals surface area (Å²) >= 11 is 6.17. The zero-order valence-corrected chi connectivity index (χ0v) is 12.2. The van der Waals surface area contributed by atoms with Crippen molar-refractivity contribution in [3.05, 3.63) is 41.2 Å². The molecule has 1 aliphatic rings. The Morgan fingerprint density at radius 2 is 2.00 bits per heavy atom. The molecule has 0 aliphatic heterocycles. The van der Waals surface area contributed by atoms with Crippen LogP contribution in [-0.4, -0.2) is 16.4 Å². The van der Waals surface area contributed by atoms with Gasteiger partial charge in [-0.15, -0.1) is 0 Å². The number of carbonyl (C=O) groups is 1. The third kappa shape index (κ3) is 2.50. The van der Waals surface area contributed by atoms with Crippen molar-refractivity contribution in [2.45, 2.75) is 38.1 Å². The minimum Gasteiger partial charge on any atom is -0.346 e. The Bertz CT molecular complexity index is 663. The van der Waals surface area contributed by atoms with Gasteiger partial charge >= 0.3 is 0 Å². The van der Waals surface area contributed by atoms with Gasteiger partial charge in [-0.3, -0.25) is 4.79 Å². The molecule has 104 valence electrons. The number of nitrogens with zero attached hydrogens (tertiary/aromatic N) is 1. The first kappa shape index (κ1) is 13.4. The fraction of sp³-hybridized carbons (Fsp3) is 0.375. The summed E-state index contributed by atoms with van der Waals surface area (Å²) in [6.45, 7) is 2.10. The second-order valence-electron chi connectivity index (χ2n) is 5.74. The monoisotopic (exact) mass is 288 g/mol. The highest BCUT2D eigenvalue weighted by atomic mass is 35.5. The number of aromatic nitrogens is 1. The summed E-state index contributed by atoms with van der Waals surface area (Å²) in [5.74, 6) is -0.137. The summed E-state index contributed by atoms with van der Waals surface area (Å²) in [6.07, 6.45) is 4.39. The molecule has 20 heavy (non-hydrogen) atoms. The average molecular weight is 289 g/mol. The fourth-order valence-electron chi connectivity index (χ4n) is 2.89. The van der Waals surface area contributed by atoms with Gasteiger partial charge in [0.2, 0.25) is 0 Å². The summed E-state index contributed by atoms with van der Waals surface area (Å²) in [5, 5.41) is 5.29. The maximum absolute atomic E-state index is 12.4. The Labute approximate surface area is 123 Å². The van der Waals surface area contributed by atoms with Crippen molar-refractivity contribution in [1.29, 1.82) is 0 Å². The summed E-state index contributed by atoms with van der Waals surface area (Å²) in [4.78, 5) is 16.6. The van der Waals surface area contributed by atoms with Gasteiger partial charge < -0.3 is 5.32 Å². The van der Waals surface area contributed by atoms with E-state index in [0.29, 0.717) is 10.8 Å². The molecule has 3 rings (SSSR count). The van der Waals surface area contributed by atoms with Crippen LogP contribution in [-0.2, 0) is 0 Å². The van der Waals surface area contributed by atoms with E-state index in [1.165, 1.54) is 12.8 Å². The van der Waals surface area contributed by atoms with Gasteiger partial charge in [-0.2, -0.15) is 0 Å². The minimum atomic E-state index is -0.137. The molecular formula is C16H17ClN2O. The molecule has 0 unspecified atom stereocenters. The Morgan fingerprint density at radius 1 is 1.30 bits per heavy atom. The van der Waals surface area contributed by atoms with E-state index in [-0.39, 0.29) is 11.4 Å². The molecule has 1 fully saturated rings. The molecule has 0 atom stereocenters. The van der Waals surface area contributed by atoms with Crippen molar-refractivity contribution in [2.75, 3.05) is 0 Å². The van der Waals surface area contributed by atoms with E-state index < -0.39 is 0 Å². The first-order valence-electron chi connectivity index (χ1n) is 6.95. The molecule has 0 spiro atoms. The lowest BCUT2D eigenvalue weighted by Gasteiger charge is -2.25. The van der Waals surface area contributed by atoms with Crippen LogP contribution in [0.15, 0.2) is 30.3 Å². The van der Waals surface area contributed by atoms with Gasteiger partial charge in [-0.1, -0.05) is 48.7 Å². The Morgan fingerprint density at radius 3 is 2.75 bits per heavy atom. The third-order valence-corrected chi connectivity index (χ3v) is 4.34. The average Bonchev–Trinajstić information content (AvgIpc) is 2.85. The molecule has 1 aromatic carbocycles. The van der Waals surface area contributed by atoms with Crippen molar-refractivity contribution < 1.29 is 4.79 Å². The molecule has 1 amide bonds. The van der Waals surface area contributed by atoms with Crippen LogP contribution in [0.3, 0.4) is 0 Å². The van der Waals surface area contributed by atoms with E-state index in [1.807, 2.05) is 24.3 Å². The molecule has 1 saturated carbocycles. The number of halogens is 1. The summed E-state index contributed by atoms with van der Waals surface area (Å²) in [5.41, 5.74) is 0.290. The standard InChI is InChI=1S/C16H17ClN2O/c1-16(8-4-5-9-16)19-15(20)13-10-11-6-2-3-7-12(11)14(17)18-13/h2-3,6-7,10H,4-5,8-9H2,1H3,(H,19,20). The number of fused-ring (bicyclic) bond motifs is 1. The van der Waals surface area contributed by atoms with E-state index in [2.05, 4.69) is 17.2 Å². The molecule has 4 heteroatoms. The van der Waals surface area contributed by atoms with Gasteiger partial charge in [0.1, 0.15) is 10.8 Å². The SMILES string of the molecule is CC1(NC(=O)c2cc3ccccc3c(Cl)n2)CCCC1. The lowest BCUT2D eigenvalue weighted by Crippen LogP contribution is -2.43. The summed E-state index contributed by atoms with van der Waals surface area (Å²) in [7, 11) is 0. The number of benzene rings is 1. The Balaban J connectivity index is 1.91. The van der Waals surface area contributed by atoms with Crippen LogP contribution in [0.2, 0.25) is 5.15 Å². The molecular weight excluding hydrogens is 272 g/mol. The number of hydrogen-bond donors (Lipinski definition) is 1. The van der Waals surface area contributed by atoms with E-state index in [0.717, 1.165) is 23.6 Å². The number of amides is 1. The molecule has 0 bridgehead atoms. The van der Waals surface area contributed by atoms with Crippen LogP contribution >= 0.6 is 11.6 Å². The van der Waals surface area contributed by atoms with Crippen LogP contribution < -0.4 is 5.32 Å². The summed E-state index contributed by atoms with van der Waals surface area (Å²) in [6, 6.07) is 9.49. The van der Waals surface area contributed by atoms with E-state index in [1.54, 1.807) is 6.07 Å². The number of nitrogens with one attached hydrogen (secondary N) is 1. The largest absolute Gasteiger partial charge is 0.346 e. The van der Waals surface area contributed by atoms with Crippen molar-refractivity contribution in [3.63, 3.8) is 0 Å². The van der Waals surface area contributed by atoms with Crippen LogP contribution in [0.5, 0.6) is 0 Å². The topological polar surface area (TPSA) is 42.0 Å². The van der Waals surface area contributed by atoms with Gasteiger partial charge in [0.15, 0.2) is 0 Å². The van der Waals surface area contributed by atoms with Crippen LogP contribution in [0.4, 0.5) is 0 Å². The first-order valence-corrected chi connectivity index (χ1v) is 7.33. The number of rotatable bonds is 2. The second kappa shape index (κ2) is 5.06. The molecule has 1 aliphatic carbocycles. The highest BCUT2D eigenvalue weighted by Crippen LogP contribution is 2.29. The predicted octanol–water partition coefficient (Wildman–Crippen LogP) is 3.95. The van der Waals surface area contributed by atoms with Crippen molar-refractivity contribution >= 4 is 28.3 Å². The van der Waals surface area contributed by atoms with Crippen LogP contribution in [0.25, 0.3) is 10.8 Å². The van der Waals surface area contributed by atoms with Gasteiger partial charge in [0.25, 0.3) is 5.91 Å². The first-order chi connectivity index (χ1) is 9.57. The smallest absolute Gasteiger partial charge is 0.270 e. The van der Waals surface area contributed by atoms with Gasteiger partial charge in [-0.25, -0.2) is 4.98 Å². The van der Waals surface area contributed by atoms with E-state index in [9.17, 15) is 4.79 Å². The minimum absolute atomic E-state index is 0.100.